The first kappa shape index (κ1) is 15.9. The fourth-order valence-electron chi connectivity index (χ4n) is 5.03. The van der Waals surface area contributed by atoms with Crippen LogP contribution in [0.4, 0.5) is 0 Å². The standard InChI is InChI=1S/C20H20O6/c1-10-5-6-12-15(10)17-16(11(2)18(21)26-17)14(8-20(12)9-24-20)25-19(22)13-4-3-7-23-13/h3-5,7,12,14-17H,2,6,8-9H2,1H3/t12-,14-,15+,16-,17-,20-/m1/s1. The molecule has 3 heterocycles. The van der Waals surface area contributed by atoms with Crippen LogP contribution in [-0.2, 0) is 19.0 Å². The normalized spacial score (nSPS) is 40.5. The summed E-state index contributed by atoms with van der Waals surface area (Å²) in [6.45, 7) is 6.65. The number of rotatable bonds is 2. The highest BCUT2D eigenvalue weighted by Gasteiger charge is 2.65. The Balaban J connectivity index is 1.52. The lowest BCUT2D eigenvalue weighted by Gasteiger charge is -2.29. The molecule has 2 aliphatic carbocycles. The van der Waals surface area contributed by atoms with Crippen molar-refractivity contribution in [3.05, 3.63) is 48.0 Å². The van der Waals surface area contributed by atoms with Gasteiger partial charge in [-0.25, -0.2) is 9.59 Å². The highest BCUT2D eigenvalue weighted by atomic mass is 16.6. The summed E-state index contributed by atoms with van der Waals surface area (Å²) in [4.78, 5) is 24.7. The second kappa shape index (κ2) is 5.33. The van der Waals surface area contributed by atoms with Gasteiger partial charge in [0.05, 0.1) is 24.4 Å². The molecule has 0 radical (unpaired) electrons. The average Bonchev–Trinajstić information content (AvgIpc) is 2.98. The molecule has 0 aromatic carbocycles. The maximum atomic E-state index is 12.5. The molecule has 1 aromatic rings. The lowest BCUT2D eigenvalue weighted by atomic mass is 9.78. The van der Waals surface area contributed by atoms with E-state index in [1.165, 1.54) is 11.8 Å². The van der Waals surface area contributed by atoms with Crippen molar-refractivity contribution >= 4 is 11.9 Å². The van der Waals surface area contributed by atoms with Crippen molar-refractivity contribution in [2.75, 3.05) is 6.61 Å². The van der Waals surface area contributed by atoms with Crippen molar-refractivity contribution in [2.24, 2.45) is 17.8 Å². The monoisotopic (exact) mass is 356 g/mol. The van der Waals surface area contributed by atoms with E-state index in [4.69, 9.17) is 18.6 Å². The second-order valence-corrected chi connectivity index (χ2v) is 7.72. The summed E-state index contributed by atoms with van der Waals surface area (Å²) < 4.78 is 22.6. The Morgan fingerprint density at radius 1 is 1.38 bits per heavy atom. The average molecular weight is 356 g/mol. The van der Waals surface area contributed by atoms with Gasteiger partial charge in [-0.15, -0.1) is 0 Å². The summed E-state index contributed by atoms with van der Waals surface area (Å²) >= 11 is 0. The summed E-state index contributed by atoms with van der Waals surface area (Å²) in [5, 5.41) is 0. The Kier molecular flexibility index (Phi) is 3.26. The predicted octanol–water partition coefficient (Wildman–Crippen LogP) is 2.66. The molecule has 2 saturated heterocycles. The minimum atomic E-state index is -0.541. The third-order valence-electron chi connectivity index (χ3n) is 6.39. The Bertz CT molecular complexity index is 815. The molecular formula is C20H20O6. The van der Waals surface area contributed by atoms with E-state index in [0.717, 1.165) is 6.42 Å². The van der Waals surface area contributed by atoms with Crippen LogP contribution in [0.1, 0.15) is 30.3 Å². The molecule has 136 valence electrons. The van der Waals surface area contributed by atoms with Crippen LogP contribution in [0.3, 0.4) is 0 Å². The van der Waals surface area contributed by atoms with Crippen molar-refractivity contribution in [1.29, 1.82) is 0 Å². The summed E-state index contributed by atoms with van der Waals surface area (Å²) in [5.74, 6) is -0.840. The number of furan rings is 1. The van der Waals surface area contributed by atoms with Gasteiger partial charge in [-0.05, 0) is 25.5 Å². The maximum absolute atomic E-state index is 12.5. The van der Waals surface area contributed by atoms with Crippen molar-refractivity contribution in [3.8, 4) is 0 Å². The van der Waals surface area contributed by atoms with E-state index < -0.39 is 18.0 Å². The maximum Gasteiger partial charge on any atom is 0.374 e. The minimum absolute atomic E-state index is 0.0815. The van der Waals surface area contributed by atoms with Gasteiger partial charge in [0.2, 0.25) is 5.76 Å². The Labute approximate surface area is 150 Å². The second-order valence-electron chi connectivity index (χ2n) is 7.72. The van der Waals surface area contributed by atoms with Crippen molar-refractivity contribution in [3.63, 3.8) is 0 Å². The summed E-state index contributed by atoms with van der Waals surface area (Å²) in [6.07, 6.45) is 4.17. The molecular weight excluding hydrogens is 336 g/mol. The van der Waals surface area contributed by atoms with Crippen LogP contribution in [0.25, 0.3) is 0 Å². The lowest BCUT2D eigenvalue weighted by Crippen LogP contribution is -2.36. The van der Waals surface area contributed by atoms with Crippen LogP contribution in [0, 0.1) is 17.8 Å². The molecule has 1 spiro atoms. The molecule has 1 saturated carbocycles. The van der Waals surface area contributed by atoms with Crippen LogP contribution < -0.4 is 0 Å². The molecule has 4 aliphatic rings. The topological polar surface area (TPSA) is 78.3 Å². The molecule has 0 bridgehead atoms. The molecule has 3 fully saturated rings. The Morgan fingerprint density at radius 3 is 2.88 bits per heavy atom. The van der Waals surface area contributed by atoms with E-state index in [1.54, 1.807) is 12.1 Å². The van der Waals surface area contributed by atoms with Crippen LogP contribution in [0.15, 0.2) is 46.6 Å². The van der Waals surface area contributed by atoms with Crippen LogP contribution >= 0.6 is 0 Å². The quantitative estimate of drug-likeness (QED) is 0.351. The van der Waals surface area contributed by atoms with Gasteiger partial charge in [-0.1, -0.05) is 18.2 Å². The molecule has 6 heteroatoms. The molecule has 2 aliphatic heterocycles. The van der Waals surface area contributed by atoms with Crippen molar-refractivity contribution in [1.82, 2.24) is 0 Å². The third-order valence-corrected chi connectivity index (χ3v) is 6.39. The van der Waals surface area contributed by atoms with E-state index in [9.17, 15) is 9.59 Å². The SMILES string of the molecule is C=C1C(=O)O[C@@H]2[C@H]3C(C)=CC[C@H]3[C@]3(CO3)C[C@@H](OC(=O)c3ccco3)[C@@H]12. The number of carbonyl (C=O) groups excluding carboxylic acids is 2. The van der Waals surface area contributed by atoms with Gasteiger partial charge >= 0.3 is 11.9 Å². The number of hydrogen-bond acceptors (Lipinski definition) is 6. The smallest absolute Gasteiger partial charge is 0.374 e. The number of hydrogen-bond donors (Lipinski definition) is 0. The summed E-state index contributed by atoms with van der Waals surface area (Å²) in [5.41, 5.74) is 1.27. The number of carbonyl (C=O) groups is 2. The molecule has 26 heavy (non-hydrogen) atoms. The molecule has 0 unspecified atom stereocenters. The summed E-state index contributed by atoms with van der Waals surface area (Å²) in [6, 6.07) is 3.20. The fraction of sp³-hybridized carbons (Fsp3) is 0.500. The highest BCUT2D eigenvalue weighted by Crippen LogP contribution is 2.58. The number of ether oxygens (including phenoxy) is 3. The van der Waals surface area contributed by atoms with Gasteiger partial charge in [-0.3, -0.25) is 0 Å². The Morgan fingerprint density at radius 2 is 2.19 bits per heavy atom. The first-order valence-electron chi connectivity index (χ1n) is 8.95. The van der Waals surface area contributed by atoms with E-state index in [1.807, 2.05) is 0 Å². The van der Waals surface area contributed by atoms with E-state index in [-0.39, 0.29) is 35.2 Å². The molecule has 1 aromatic heterocycles. The predicted molar refractivity (Wildman–Crippen MR) is 89.1 cm³/mol. The third kappa shape index (κ3) is 2.14. The minimum Gasteiger partial charge on any atom is -0.458 e. The van der Waals surface area contributed by atoms with Crippen LogP contribution in [-0.4, -0.2) is 36.4 Å². The van der Waals surface area contributed by atoms with Crippen molar-refractivity contribution < 1.29 is 28.2 Å². The van der Waals surface area contributed by atoms with Crippen LogP contribution in [0.5, 0.6) is 0 Å². The van der Waals surface area contributed by atoms with E-state index in [2.05, 4.69) is 19.6 Å². The highest BCUT2D eigenvalue weighted by molar-refractivity contribution is 5.91. The molecule has 6 atom stereocenters. The van der Waals surface area contributed by atoms with Crippen LogP contribution in [0.2, 0.25) is 0 Å². The van der Waals surface area contributed by atoms with Gasteiger partial charge < -0.3 is 18.6 Å². The summed E-state index contributed by atoms with van der Waals surface area (Å²) in [7, 11) is 0. The van der Waals surface area contributed by atoms with Gasteiger partial charge in [0.25, 0.3) is 0 Å². The number of esters is 2. The first-order chi connectivity index (χ1) is 12.5. The Hall–Kier alpha value is -2.34. The largest absolute Gasteiger partial charge is 0.458 e. The first-order valence-corrected chi connectivity index (χ1v) is 8.95. The lowest BCUT2D eigenvalue weighted by molar-refractivity contribution is -0.141. The van der Waals surface area contributed by atoms with Gasteiger partial charge in [0, 0.05) is 23.8 Å². The number of allylic oxidation sites excluding steroid dienone is 1. The molecule has 0 N–H and O–H groups in total. The van der Waals surface area contributed by atoms with Crippen molar-refractivity contribution in [2.45, 2.75) is 37.6 Å². The molecule has 6 nitrogen and oxygen atoms in total. The zero-order chi connectivity index (χ0) is 18.1. The molecule has 5 rings (SSSR count). The fourth-order valence-corrected chi connectivity index (χ4v) is 5.03. The molecule has 0 amide bonds. The van der Waals surface area contributed by atoms with Gasteiger partial charge in [0.15, 0.2) is 0 Å². The zero-order valence-electron chi connectivity index (χ0n) is 14.5. The zero-order valence-corrected chi connectivity index (χ0v) is 14.5. The number of epoxide rings is 1. The van der Waals surface area contributed by atoms with E-state index in [0.29, 0.717) is 18.6 Å². The van der Waals surface area contributed by atoms with E-state index >= 15 is 0 Å². The number of fused-ring (bicyclic) bond motifs is 4. The van der Waals surface area contributed by atoms with Gasteiger partial charge in [-0.2, -0.15) is 0 Å². The van der Waals surface area contributed by atoms with Gasteiger partial charge in [0.1, 0.15) is 12.2 Å².